The van der Waals surface area contributed by atoms with Gasteiger partial charge in [0.25, 0.3) is 0 Å². The van der Waals surface area contributed by atoms with Crippen molar-refractivity contribution in [3.8, 4) is 0 Å². The lowest BCUT2D eigenvalue weighted by molar-refractivity contribution is 0.0717. The Bertz CT molecular complexity index is 1590. The van der Waals surface area contributed by atoms with Crippen molar-refractivity contribution in [3.63, 3.8) is 0 Å². The maximum Gasteiger partial charge on any atom is 0.410 e. The van der Waals surface area contributed by atoms with Crippen molar-refractivity contribution in [2.75, 3.05) is 90.3 Å². The Kier molecular flexibility index (Phi) is 19.3. The lowest BCUT2D eigenvalue weighted by Crippen LogP contribution is -2.40. The predicted molar refractivity (Wildman–Crippen MR) is 235 cm³/mol. The first-order valence-corrected chi connectivity index (χ1v) is 26.1. The molecule has 6 fully saturated rings. The standard InChI is InChI=1S/C26H40N2O5S.C18H34N2O3S.CH4/c1-2-34(30,31)28-15-8-22(9-16-28)19-32-17-12-24-18-25(24)23-10-13-27(14-11-23)26(29)33-20-21-6-4-3-5-7-21;1-2-24(21,22)20-10-5-15(6-11-20)14-23-12-7-17-13-18(17)16-3-8-19-9-4-16;/h3-7,22-25H,2,8-20H2,1H3;15-19H,2-14H2,1H3;1H4/t24-,25-;17-,18-;/m11./s1. The first-order valence-electron chi connectivity index (χ1n) is 22.8. The summed E-state index contributed by atoms with van der Waals surface area (Å²) in [6.45, 7) is 13.6. The molecule has 1 amide bonds. The van der Waals surface area contributed by atoms with E-state index in [4.69, 9.17) is 14.2 Å². The molecule has 4 aliphatic heterocycles. The summed E-state index contributed by atoms with van der Waals surface area (Å²) >= 11 is 0. The highest BCUT2D eigenvalue weighted by Gasteiger charge is 2.44. The number of ether oxygens (including phenoxy) is 3. The second kappa shape index (κ2) is 23.6. The Morgan fingerprint density at radius 3 is 1.58 bits per heavy atom. The second-order valence-electron chi connectivity index (χ2n) is 18.0. The van der Waals surface area contributed by atoms with Crippen molar-refractivity contribution in [3.05, 3.63) is 35.9 Å². The lowest BCUT2D eigenvalue weighted by atomic mass is 9.91. The molecule has 2 aliphatic carbocycles. The summed E-state index contributed by atoms with van der Waals surface area (Å²) < 4.78 is 68.3. The number of piperidine rings is 4. The fourth-order valence-electron chi connectivity index (χ4n) is 10.00. The number of nitrogens with one attached hydrogen (secondary N) is 1. The van der Waals surface area contributed by atoms with Gasteiger partial charge in [-0.2, -0.15) is 0 Å². The Labute approximate surface area is 357 Å². The topological polar surface area (TPSA) is 135 Å². The molecule has 0 bridgehead atoms. The molecule has 4 atom stereocenters. The van der Waals surface area contributed by atoms with Gasteiger partial charge in [-0.05, 0) is 157 Å². The lowest BCUT2D eigenvalue weighted by Gasteiger charge is -2.31. The number of nitrogens with zero attached hydrogens (tertiary/aromatic N) is 3. The van der Waals surface area contributed by atoms with E-state index in [1.165, 1.54) is 45.2 Å². The molecule has 1 N–H and O–H groups in total. The van der Waals surface area contributed by atoms with Crippen LogP contribution in [0.2, 0.25) is 0 Å². The first-order chi connectivity index (χ1) is 28.1. The van der Waals surface area contributed by atoms with Crippen LogP contribution in [0.3, 0.4) is 0 Å². The number of carbonyl (C=O) groups excluding carboxylic acids is 1. The molecule has 0 unspecified atom stereocenters. The van der Waals surface area contributed by atoms with Gasteiger partial charge in [-0.1, -0.05) is 37.8 Å². The van der Waals surface area contributed by atoms with Crippen LogP contribution in [0.4, 0.5) is 4.79 Å². The monoisotopic (exact) mass is 867 g/mol. The Balaban J connectivity index is 0.000000233. The molecule has 2 saturated carbocycles. The van der Waals surface area contributed by atoms with Gasteiger partial charge in [0.2, 0.25) is 20.0 Å². The SMILES string of the molecule is C.CCS(=O)(=O)N1CCC(COCC[C@@H]2C[C@@H]2C2CCN(C(=O)OCc3ccccc3)CC2)CC1.CCS(=O)(=O)N1CCC(COCC[C@@H]2C[C@@H]2C2CCNCC2)CC1. The molecule has 0 radical (unpaired) electrons. The highest BCUT2D eigenvalue weighted by atomic mass is 32.2. The van der Waals surface area contributed by atoms with E-state index in [1.807, 2.05) is 35.2 Å². The molecule has 12 nitrogen and oxygen atoms in total. The predicted octanol–water partition coefficient (Wildman–Crippen LogP) is 6.87. The van der Waals surface area contributed by atoms with Crippen LogP contribution in [0.1, 0.15) is 104 Å². The maximum absolute atomic E-state index is 12.4. The molecule has 6 aliphatic rings. The van der Waals surface area contributed by atoms with Crippen molar-refractivity contribution in [2.24, 2.45) is 47.3 Å². The fraction of sp³-hybridized carbons (Fsp3) is 0.844. The number of carbonyl (C=O) groups is 1. The minimum absolute atomic E-state index is 0. The highest BCUT2D eigenvalue weighted by molar-refractivity contribution is 7.89. The minimum Gasteiger partial charge on any atom is -0.445 e. The zero-order chi connectivity index (χ0) is 41.0. The van der Waals surface area contributed by atoms with Crippen LogP contribution in [0.25, 0.3) is 0 Å². The molecule has 4 heterocycles. The van der Waals surface area contributed by atoms with E-state index >= 15 is 0 Å². The summed E-state index contributed by atoms with van der Waals surface area (Å²) in [5.41, 5.74) is 1.02. The van der Waals surface area contributed by atoms with Crippen molar-refractivity contribution in [1.29, 1.82) is 0 Å². The van der Waals surface area contributed by atoms with E-state index in [0.717, 1.165) is 120 Å². The normalized spacial score (nSPS) is 26.7. The number of hydrogen-bond acceptors (Lipinski definition) is 9. The molecular formula is C45H78N4O8S2. The quantitative estimate of drug-likeness (QED) is 0.157. The fourth-order valence-corrected chi connectivity index (χ4v) is 12.3. The van der Waals surface area contributed by atoms with Crippen molar-refractivity contribution in [2.45, 2.75) is 105 Å². The van der Waals surface area contributed by atoms with Gasteiger partial charge in [-0.25, -0.2) is 30.2 Å². The number of amides is 1. The average Bonchev–Trinajstić information content (AvgIpc) is 4.21. The Hall–Kier alpha value is -1.81. The molecular weight excluding hydrogens is 789 g/mol. The van der Waals surface area contributed by atoms with E-state index < -0.39 is 20.0 Å². The number of rotatable bonds is 18. The number of benzene rings is 1. The average molecular weight is 867 g/mol. The van der Waals surface area contributed by atoms with Crippen LogP contribution in [0.15, 0.2) is 30.3 Å². The largest absolute Gasteiger partial charge is 0.445 e. The number of hydrogen-bond donors (Lipinski definition) is 1. The molecule has 1 aromatic rings. The van der Waals surface area contributed by atoms with Crippen LogP contribution in [-0.2, 0) is 40.9 Å². The smallest absolute Gasteiger partial charge is 0.410 e. The highest BCUT2D eigenvalue weighted by Crippen LogP contribution is 2.50. The summed E-state index contributed by atoms with van der Waals surface area (Å²) in [7, 11) is -6.05. The van der Waals surface area contributed by atoms with E-state index in [-0.39, 0.29) is 25.0 Å². The third-order valence-corrected chi connectivity index (χ3v) is 18.0. The molecule has 14 heteroatoms. The molecule has 1 aromatic carbocycles. The summed E-state index contributed by atoms with van der Waals surface area (Å²) in [6.07, 6.45) is 13.4. The molecule has 0 spiro atoms. The summed E-state index contributed by atoms with van der Waals surface area (Å²) in [5.74, 6) is 6.52. The molecule has 4 saturated heterocycles. The van der Waals surface area contributed by atoms with Crippen LogP contribution < -0.4 is 5.32 Å². The van der Waals surface area contributed by atoms with E-state index in [0.29, 0.717) is 50.5 Å². The summed E-state index contributed by atoms with van der Waals surface area (Å²) in [5, 5.41) is 3.45. The van der Waals surface area contributed by atoms with Crippen molar-refractivity contribution >= 4 is 26.1 Å². The Morgan fingerprint density at radius 1 is 0.661 bits per heavy atom. The molecule has 338 valence electrons. The Morgan fingerprint density at radius 2 is 1.12 bits per heavy atom. The molecule has 0 aromatic heterocycles. The van der Waals surface area contributed by atoms with Gasteiger partial charge in [0.05, 0.1) is 11.5 Å². The molecule has 59 heavy (non-hydrogen) atoms. The van der Waals surface area contributed by atoms with Gasteiger partial charge in [0.1, 0.15) is 6.61 Å². The van der Waals surface area contributed by atoms with Gasteiger partial charge in [0.15, 0.2) is 0 Å². The van der Waals surface area contributed by atoms with E-state index in [2.05, 4.69) is 5.32 Å². The number of sulfonamides is 2. The van der Waals surface area contributed by atoms with E-state index in [9.17, 15) is 21.6 Å². The third-order valence-electron chi connectivity index (χ3n) is 14.2. The van der Waals surface area contributed by atoms with Gasteiger partial charge in [0, 0.05) is 65.7 Å². The number of likely N-dealkylation sites (tertiary alicyclic amines) is 1. The van der Waals surface area contributed by atoms with Crippen molar-refractivity contribution in [1.82, 2.24) is 18.8 Å². The van der Waals surface area contributed by atoms with E-state index in [1.54, 1.807) is 22.5 Å². The zero-order valence-corrected chi connectivity index (χ0v) is 37.2. The van der Waals surface area contributed by atoms with Crippen LogP contribution >= 0.6 is 0 Å². The van der Waals surface area contributed by atoms with Crippen LogP contribution in [0.5, 0.6) is 0 Å². The summed E-state index contributed by atoms with van der Waals surface area (Å²) in [4.78, 5) is 14.2. The van der Waals surface area contributed by atoms with Gasteiger partial charge < -0.3 is 24.4 Å². The van der Waals surface area contributed by atoms with Crippen LogP contribution in [-0.4, -0.2) is 127 Å². The first kappa shape index (κ1) is 48.2. The minimum atomic E-state index is -3.05. The van der Waals surface area contributed by atoms with Gasteiger partial charge in [-0.15, -0.1) is 0 Å². The zero-order valence-electron chi connectivity index (χ0n) is 35.5. The summed E-state index contributed by atoms with van der Waals surface area (Å²) in [6, 6.07) is 9.81. The maximum atomic E-state index is 12.4. The third kappa shape index (κ3) is 14.9. The second-order valence-corrected chi connectivity index (χ2v) is 22.5. The van der Waals surface area contributed by atoms with Gasteiger partial charge >= 0.3 is 6.09 Å². The van der Waals surface area contributed by atoms with Crippen molar-refractivity contribution < 1.29 is 35.8 Å². The van der Waals surface area contributed by atoms with Gasteiger partial charge in [-0.3, -0.25) is 0 Å². The van der Waals surface area contributed by atoms with Crippen LogP contribution in [0, 0.1) is 47.3 Å². The molecule has 7 rings (SSSR count).